The maximum absolute atomic E-state index is 6.00. The molecule has 1 aliphatic heterocycles. The normalized spacial score (nSPS) is 19.5. The van der Waals surface area contributed by atoms with Gasteiger partial charge in [-0.25, -0.2) is 4.98 Å². The van der Waals surface area contributed by atoms with Gasteiger partial charge in [0.1, 0.15) is 6.23 Å². The molecule has 0 spiro atoms. The molecule has 0 amide bonds. The fourth-order valence-electron chi connectivity index (χ4n) is 2.25. The number of nitrogens with one attached hydrogen (secondary N) is 1. The number of halogens is 1. The number of hydrogen-bond acceptors (Lipinski definition) is 5. The van der Waals surface area contributed by atoms with Crippen molar-refractivity contribution in [2.45, 2.75) is 39.0 Å². The average Bonchev–Trinajstić information content (AvgIpc) is 2.94. The molecule has 6 nitrogen and oxygen atoms in total. The molecule has 7 heteroatoms. The lowest BCUT2D eigenvalue weighted by atomic mass is 10.3. The van der Waals surface area contributed by atoms with Gasteiger partial charge in [-0.05, 0) is 38.3 Å². The van der Waals surface area contributed by atoms with Crippen molar-refractivity contribution in [1.82, 2.24) is 19.5 Å². The highest BCUT2D eigenvalue weighted by molar-refractivity contribution is 6.28. The molecule has 0 bridgehead atoms. The fourth-order valence-corrected chi connectivity index (χ4v) is 2.42. The largest absolute Gasteiger partial charge is 0.366 e. The van der Waals surface area contributed by atoms with Crippen LogP contribution in [0.25, 0.3) is 11.2 Å². The molecule has 0 radical (unpaired) electrons. The highest BCUT2D eigenvalue weighted by atomic mass is 35.5. The number of rotatable bonds is 3. The van der Waals surface area contributed by atoms with Gasteiger partial charge in [0.05, 0.1) is 6.33 Å². The summed E-state index contributed by atoms with van der Waals surface area (Å²) in [5.41, 5.74) is 1.45. The second-order valence-corrected chi connectivity index (χ2v) is 5.27. The predicted octanol–water partition coefficient (Wildman–Crippen LogP) is 2.61. The Hall–Kier alpha value is -1.40. The number of hydrogen-bond donors (Lipinski definition) is 1. The van der Waals surface area contributed by atoms with E-state index in [1.165, 1.54) is 0 Å². The first-order chi connectivity index (χ1) is 9.15. The molecule has 0 aliphatic carbocycles. The Morgan fingerprint density at radius 3 is 3.00 bits per heavy atom. The van der Waals surface area contributed by atoms with Gasteiger partial charge in [0.15, 0.2) is 17.0 Å². The van der Waals surface area contributed by atoms with Crippen molar-refractivity contribution in [2.75, 3.05) is 11.9 Å². The van der Waals surface area contributed by atoms with Crippen LogP contribution in [-0.2, 0) is 4.74 Å². The van der Waals surface area contributed by atoms with Gasteiger partial charge in [0.25, 0.3) is 0 Å². The first-order valence-electron chi connectivity index (χ1n) is 6.43. The molecule has 0 aromatic carbocycles. The molecule has 1 N–H and O–H groups in total. The fraction of sp³-hybridized carbons (Fsp3) is 0.583. The van der Waals surface area contributed by atoms with Gasteiger partial charge in [-0.2, -0.15) is 9.97 Å². The molecular weight excluding hydrogens is 266 g/mol. The second-order valence-electron chi connectivity index (χ2n) is 4.93. The third-order valence-corrected chi connectivity index (χ3v) is 3.20. The number of ether oxygens (including phenoxy) is 1. The van der Waals surface area contributed by atoms with E-state index in [2.05, 4.69) is 20.3 Å². The van der Waals surface area contributed by atoms with E-state index in [4.69, 9.17) is 16.3 Å². The van der Waals surface area contributed by atoms with Crippen molar-refractivity contribution in [3.05, 3.63) is 11.6 Å². The molecule has 1 fully saturated rings. The molecule has 19 heavy (non-hydrogen) atoms. The molecule has 102 valence electrons. The van der Waals surface area contributed by atoms with Crippen LogP contribution in [-0.4, -0.2) is 32.2 Å². The standard InChI is InChI=1S/C12H16ClN5O/c1-7(2)15-10-9-11(17-12(13)16-10)18(6-14-9)8-4-3-5-19-8/h6-8H,3-5H2,1-2H3,(H,15,16,17). The Kier molecular flexibility index (Phi) is 3.28. The lowest BCUT2D eigenvalue weighted by molar-refractivity contribution is 0.0593. The Bertz CT molecular complexity index is 591. The van der Waals surface area contributed by atoms with E-state index in [0.29, 0.717) is 5.82 Å². The summed E-state index contributed by atoms with van der Waals surface area (Å²) < 4.78 is 7.60. The van der Waals surface area contributed by atoms with Crippen molar-refractivity contribution in [3.8, 4) is 0 Å². The summed E-state index contributed by atoms with van der Waals surface area (Å²) in [5, 5.41) is 3.46. The van der Waals surface area contributed by atoms with Crippen LogP contribution in [0, 0.1) is 0 Å². The number of imidazole rings is 1. The van der Waals surface area contributed by atoms with Crippen LogP contribution in [0.3, 0.4) is 0 Å². The molecule has 3 rings (SSSR count). The number of aromatic nitrogens is 4. The molecule has 1 unspecified atom stereocenters. The molecule has 0 saturated carbocycles. The average molecular weight is 282 g/mol. The third-order valence-electron chi connectivity index (χ3n) is 3.04. The van der Waals surface area contributed by atoms with E-state index in [0.717, 1.165) is 30.6 Å². The highest BCUT2D eigenvalue weighted by Crippen LogP contribution is 2.28. The van der Waals surface area contributed by atoms with Gasteiger partial charge >= 0.3 is 0 Å². The zero-order valence-corrected chi connectivity index (χ0v) is 11.7. The summed E-state index contributed by atoms with van der Waals surface area (Å²) in [6.07, 6.45) is 3.78. The zero-order valence-electron chi connectivity index (χ0n) is 10.9. The minimum absolute atomic E-state index is 0.00265. The Morgan fingerprint density at radius 1 is 1.47 bits per heavy atom. The summed E-state index contributed by atoms with van der Waals surface area (Å²) in [5.74, 6) is 0.668. The maximum Gasteiger partial charge on any atom is 0.226 e. The Balaban J connectivity index is 2.09. The molecule has 3 heterocycles. The summed E-state index contributed by atoms with van der Waals surface area (Å²) >= 11 is 6.00. The van der Waals surface area contributed by atoms with E-state index >= 15 is 0 Å². The lowest BCUT2D eigenvalue weighted by Gasteiger charge is -2.13. The van der Waals surface area contributed by atoms with Crippen molar-refractivity contribution in [1.29, 1.82) is 0 Å². The topological polar surface area (TPSA) is 64.9 Å². The van der Waals surface area contributed by atoms with Gasteiger partial charge in [-0.3, -0.25) is 4.57 Å². The molecule has 1 atom stereocenters. The van der Waals surface area contributed by atoms with Crippen LogP contribution in [0.15, 0.2) is 6.33 Å². The minimum atomic E-state index is 0.00265. The van der Waals surface area contributed by atoms with Crippen LogP contribution in [0.2, 0.25) is 5.28 Å². The number of fused-ring (bicyclic) bond motifs is 1. The maximum atomic E-state index is 6.00. The molecule has 1 aliphatic rings. The summed E-state index contributed by atoms with van der Waals surface area (Å²) in [7, 11) is 0. The first-order valence-corrected chi connectivity index (χ1v) is 6.81. The Labute approximate surface area is 116 Å². The van der Waals surface area contributed by atoms with E-state index < -0.39 is 0 Å². The van der Waals surface area contributed by atoms with Crippen molar-refractivity contribution in [3.63, 3.8) is 0 Å². The van der Waals surface area contributed by atoms with Crippen LogP contribution < -0.4 is 5.32 Å². The highest BCUT2D eigenvalue weighted by Gasteiger charge is 2.22. The molecule has 2 aromatic rings. The zero-order chi connectivity index (χ0) is 13.4. The number of nitrogens with zero attached hydrogens (tertiary/aromatic N) is 4. The monoisotopic (exact) mass is 281 g/mol. The second kappa shape index (κ2) is 4.94. The van der Waals surface area contributed by atoms with E-state index in [-0.39, 0.29) is 17.6 Å². The van der Waals surface area contributed by atoms with Crippen LogP contribution in [0.1, 0.15) is 32.9 Å². The first kappa shape index (κ1) is 12.6. The van der Waals surface area contributed by atoms with Crippen molar-refractivity contribution in [2.24, 2.45) is 0 Å². The predicted molar refractivity (Wildman–Crippen MR) is 73.3 cm³/mol. The van der Waals surface area contributed by atoms with Gasteiger partial charge in [-0.1, -0.05) is 0 Å². The molecular formula is C12H16ClN5O. The Morgan fingerprint density at radius 2 is 2.32 bits per heavy atom. The minimum Gasteiger partial charge on any atom is -0.366 e. The SMILES string of the molecule is CC(C)Nc1nc(Cl)nc2c1ncn2C1CCCO1. The molecule has 2 aromatic heterocycles. The third kappa shape index (κ3) is 2.37. The number of anilines is 1. The molecule has 1 saturated heterocycles. The van der Waals surface area contributed by atoms with Crippen LogP contribution in [0.5, 0.6) is 0 Å². The van der Waals surface area contributed by atoms with Gasteiger partial charge in [-0.15, -0.1) is 0 Å². The van der Waals surface area contributed by atoms with Crippen molar-refractivity contribution >= 4 is 28.6 Å². The summed E-state index contributed by atoms with van der Waals surface area (Å²) in [6, 6.07) is 0.252. The lowest BCUT2D eigenvalue weighted by Crippen LogP contribution is -2.12. The van der Waals surface area contributed by atoms with E-state index in [1.807, 2.05) is 18.4 Å². The van der Waals surface area contributed by atoms with Crippen LogP contribution in [0.4, 0.5) is 5.82 Å². The smallest absolute Gasteiger partial charge is 0.226 e. The van der Waals surface area contributed by atoms with Gasteiger partial charge in [0, 0.05) is 12.6 Å². The summed E-state index contributed by atoms with van der Waals surface area (Å²) in [6.45, 7) is 4.86. The summed E-state index contributed by atoms with van der Waals surface area (Å²) in [4.78, 5) is 12.9. The van der Waals surface area contributed by atoms with Gasteiger partial charge in [0.2, 0.25) is 5.28 Å². The quantitative estimate of drug-likeness (QED) is 0.876. The van der Waals surface area contributed by atoms with Gasteiger partial charge < -0.3 is 10.1 Å². The van der Waals surface area contributed by atoms with E-state index in [1.54, 1.807) is 6.33 Å². The van der Waals surface area contributed by atoms with E-state index in [9.17, 15) is 0 Å². The van der Waals surface area contributed by atoms with Crippen molar-refractivity contribution < 1.29 is 4.74 Å². The van der Waals surface area contributed by atoms with Crippen LogP contribution >= 0.6 is 11.6 Å².